The molecule has 1 aromatic heterocycles. The van der Waals surface area contributed by atoms with Crippen LogP contribution in [0.3, 0.4) is 0 Å². The molecule has 0 aliphatic rings. The van der Waals surface area contributed by atoms with Gasteiger partial charge in [-0.3, -0.25) is 4.79 Å². The second kappa shape index (κ2) is 5.46. The number of hydrogen-bond acceptors (Lipinski definition) is 4. The van der Waals surface area contributed by atoms with Gasteiger partial charge < -0.3 is 10.1 Å². The van der Waals surface area contributed by atoms with Crippen LogP contribution in [-0.4, -0.2) is 20.9 Å². The fourth-order valence-electron chi connectivity index (χ4n) is 1.51. The summed E-state index contributed by atoms with van der Waals surface area (Å²) in [5.74, 6) is 0.269. The van der Waals surface area contributed by atoms with Crippen molar-refractivity contribution in [1.29, 1.82) is 0 Å². The first-order valence-corrected chi connectivity index (χ1v) is 6.59. The van der Waals surface area contributed by atoms with Crippen LogP contribution in [0.5, 0.6) is 5.75 Å². The smallest absolute Gasteiger partial charge is 0.165 e. The van der Waals surface area contributed by atoms with Gasteiger partial charge in [0.2, 0.25) is 0 Å². The molecule has 18 heavy (non-hydrogen) atoms. The number of carbonyl (C=O) groups is 1. The number of thioether (sulfide) groups is 1. The molecular weight excluding hydrogens is 272 g/mol. The number of aromatic hydroxyl groups is 1. The van der Waals surface area contributed by atoms with Gasteiger partial charge in [-0.25, -0.2) is 4.98 Å². The molecule has 4 nitrogen and oxygen atoms in total. The van der Waals surface area contributed by atoms with Crippen molar-refractivity contribution in [3.05, 3.63) is 40.7 Å². The monoisotopic (exact) mass is 282 g/mol. The maximum atomic E-state index is 11.4. The first-order chi connectivity index (χ1) is 8.58. The summed E-state index contributed by atoms with van der Waals surface area (Å²) in [5.41, 5.74) is 0.867. The predicted octanol–water partition coefficient (Wildman–Crippen LogP) is 3.26. The summed E-state index contributed by atoms with van der Waals surface area (Å²) in [4.78, 5) is 18.4. The molecule has 0 aliphatic heterocycles. The minimum absolute atomic E-state index is 0.00837. The maximum Gasteiger partial charge on any atom is 0.165 e. The average Bonchev–Trinajstić information content (AvgIpc) is 2.82. The van der Waals surface area contributed by atoms with Crippen LogP contribution < -0.4 is 0 Å². The Kier molecular flexibility index (Phi) is 3.93. The quantitative estimate of drug-likeness (QED) is 0.667. The molecule has 1 heterocycles. The van der Waals surface area contributed by atoms with Crippen molar-refractivity contribution in [2.75, 3.05) is 0 Å². The van der Waals surface area contributed by atoms with E-state index in [2.05, 4.69) is 9.97 Å². The predicted molar refractivity (Wildman–Crippen MR) is 71.3 cm³/mol. The number of phenolic OH excluding ortho intramolecular Hbond substituents is 1. The van der Waals surface area contributed by atoms with Gasteiger partial charge in [-0.2, -0.15) is 0 Å². The van der Waals surface area contributed by atoms with Crippen molar-refractivity contribution in [2.45, 2.75) is 17.8 Å². The van der Waals surface area contributed by atoms with Gasteiger partial charge in [0.15, 0.2) is 10.9 Å². The molecule has 0 spiro atoms. The number of hydrogen-bond donors (Lipinski definition) is 2. The van der Waals surface area contributed by atoms with E-state index in [1.807, 2.05) is 0 Å². The molecule has 0 fully saturated rings. The molecule has 0 saturated heterocycles. The number of nitrogens with one attached hydrogen (secondary N) is 1. The highest BCUT2D eigenvalue weighted by molar-refractivity contribution is 7.98. The first-order valence-electron chi connectivity index (χ1n) is 5.22. The fraction of sp³-hybridized carbons (Fsp3) is 0.167. The van der Waals surface area contributed by atoms with E-state index < -0.39 is 0 Å². The number of aromatic nitrogens is 2. The van der Waals surface area contributed by atoms with Crippen LogP contribution in [0.1, 0.15) is 22.8 Å². The van der Waals surface area contributed by atoms with Crippen molar-refractivity contribution in [2.24, 2.45) is 0 Å². The maximum absolute atomic E-state index is 11.4. The van der Waals surface area contributed by atoms with E-state index in [4.69, 9.17) is 11.6 Å². The van der Waals surface area contributed by atoms with E-state index >= 15 is 0 Å². The third kappa shape index (κ3) is 2.86. The van der Waals surface area contributed by atoms with Crippen molar-refractivity contribution in [1.82, 2.24) is 9.97 Å². The Morgan fingerprint density at radius 1 is 1.56 bits per heavy atom. The number of Topliss-reactive ketones (excluding diaryl/α,β-unsaturated/α-hetero) is 1. The van der Waals surface area contributed by atoms with E-state index in [1.165, 1.54) is 24.8 Å². The van der Waals surface area contributed by atoms with E-state index in [-0.39, 0.29) is 17.1 Å². The number of nitrogens with zero attached hydrogens (tertiary/aromatic N) is 1. The van der Waals surface area contributed by atoms with Crippen LogP contribution in [0.4, 0.5) is 0 Å². The number of halogens is 1. The van der Waals surface area contributed by atoms with Gasteiger partial charge in [-0.05, 0) is 19.1 Å². The zero-order chi connectivity index (χ0) is 13.1. The Morgan fingerprint density at radius 3 is 2.94 bits per heavy atom. The van der Waals surface area contributed by atoms with Crippen LogP contribution in [0.15, 0.2) is 29.7 Å². The summed E-state index contributed by atoms with van der Waals surface area (Å²) in [5, 5.41) is 11.2. The first kappa shape index (κ1) is 13.0. The molecule has 0 bridgehead atoms. The van der Waals surface area contributed by atoms with Crippen molar-refractivity contribution in [3.63, 3.8) is 0 Å². The van der Waals surface area contributed by atoms with Gasteiger partial charge in [0, 0.05) is 28.7 Å². The lowest BCUT2D eigenvalue weighted by Crippen LogP contribution is -1.96. The van der Waals surface area contributed by atoms with Gasteiger partial charge >= 0.3 is 0 Å². The fourth-order valence-corrected chi connectivity index (χ4v) is 2.55. The van der Waals surface area contributed by atoms with Gasteiger partial charge in [0.25, 0.3) is 0 Å². The van der Waals surface area contributed by atoms with E-state index in [1.54, 1.807) is 18.5 Å². The third-order valence-corrected chi connectivity index (χ3v) is 3.54. The van der Waals surface area contributed by atoms with Crippen LogP contribution in [-0.2, 0) is 5.75 Å². The molecule has 0 amide bonds. The molecule has 0 unspecified atom stereocenters. The SMILES string of the molecule is CC(=O)c1cc(Cl)cc(CSc2ncc[nH]2)c1O. The van der Waals surface area contributed by atoms with Gasteiger partial charge in [0.1, 0.15) is 5.75 Å². The molecule has 0 atom stereocenters. The van der Waals surface area contributed by atoms with Gasteiger partial charge in [0.05, 0.1) is 5.56 Å². The number of imidazole rings is 1. The van der Waals surface area contributed by atoms with E-state index in [0.29, 0.717) is 16.3 Å². The summed E-state index contributed by atoms with van der Waals surface area (Å²) in [6.07, 6.45) is 3.38. The molecule has 1 aromatic carbocycles. The topological polar surface area (TPSA) is 66.0 Å². The Hall–Kier alpha value is -1.46. The number of benzene rings is 1. The van der Waals surface area contributed by atoms with Crippen molar-refractivity contribution < 1.29 is 9.90 Å². The summed E-state index contributed by atoms with van der Waals surface area (Å²) in [6, 6.07) is 3.12. The van der Waals surface area contributed by atoms with Crippen molar-refractivity contribution >= 4 is 29.1 Å². The number of carbonyl (C=O) groups excluding carboxylic acids is 1. The lowest BCUT2D eigenvalue weighted by molar-refractivity contribution is 0.101. The Bertz CT molecular complexity index is 570. The highest BCUT2D eigenvalue weighted by Crippen LogP contribution is 2.31. The highest BCUT2D eigenvalue weighted by Gasteiger charge is 2.13. The number of H-pyrrole nitrogens is 1. The zero-order valence-electron chi connectivity index (χ0n) is 9.61. The minimum Gasteiger partial charge on any atom is -0.507 e. The van der Waals surface area contributed by atoms with Crippen LogP contribution in [0, 0.1) is 0 Å². The van der Waals surface area contributed by atoms with E-state index in [0.717, 1.165) is 5.16 Å². The normalized spacial score (nSPS) is 10.6. The van der Waals surface area contributed by atoms with Gasteiger partial charge in [-0.15, -0.1) is 0 Å². The molecule has 0 saturated carbocycles. The standard InChI is InChI=1S/C12H11ClN2O2S/c1-7(16)10-5-9(13)4-8(11(10)17)6-18-12-14-2-3-15-12/h2-5,17H,6H2,1H3,(H,14,15). The Morgan fingerprint density at radius 2 is 2.33 bits per heavy atom. The molecule has 94 valence electrons. The Labute approximate surface area is 113 Å². The summed E-state index contributed by atoms with van der Waals surface area (Å²) in [6.45, 7) is 1.40. The second-order valence-corrected chi connectivity index (χ2v) is 5.10. The number of rotatable bonds is 4. The molecule has 2 N–H and O–H groups in total. The molecule has 2 aromatic rings. The number of ketones is 1. The molecule has 0 radical (unpaired) electrons. The zero-order valence-corrected chi connectivity index (χ0v) is 11.2. The molecular formula is C12H11ClN2O2S. The largest absolute Gasteiger partial charge is 0.507 e. The lowest BCUT2D eigenvalue weighted by atomic mass is 10.1. The van der Waals surface area contributed by atoms with Crippen molar-refractivity contribution in [3.8, 4) is 5.75 Å². The second-order valence-electron chi connectivity index (χ2n) is 3.70. The highest BCUT2D eigenvalue weighted by atomic mass is 35.5. The minimum atomic E-state index is -0.209. The summed E-state index contributed by atoms with van der Waals surface area (Å²) >= 11 is 7.36. The summed E-state index contributed by atoms with van der Waals surface area (Å²) < 4.78 is 0. The lowest BCUT2D eigenvalue weighted by Gasteiger charge is -2.08. The Balaban J connectivity index is 2.24. The van der Waals surface area contributed by atoms with E-state index in [9.17, 15) is 9.90 Å². The molecule has 0 aliphatic carbocycles. The van der Waals surface area contributed by atoms with Gasteiger partial charge in [-0.1, -0.05) is 23.4 Å². The van der Waals surface area contributed by atoms with Crippen LogP contribution in [0.2, 0.25) is 5.02 Å². The number of aromatic amines is 1. The average molecular weight is 283 g/mol. The van der Waals surface area contributed by atoms with Crippen LogP contribution in [0.25, 0.3) is 0 Å². The number of phenols is 1. The molecule has 2 rings (SSSR count). The van der Waals surface area contributed by atoms with Crippen LogP contribution >= 0.6 is 23.4 Å². The summed E-state index contributed by atoms with van der Waals surface area (Å²) in [7, 11) is 0. The third-order valence-electron chi connectivity index (χ3n) is 2.37. The molecule has 6 heteroatoms.